The Morgan fingerprint density at radius 3 is 2.00 bits per heavy atom. The smallest absolute Gasteiger partial charge is 0.203 e. The van der Waals surface area contributed by atoms with Crippen molar-refractivity contribution < 1.29 is 22.3 Å². The summed E-state index contributed by atoms with van der Waals surface area (Å²) in [6.07, 6.45) is 0. The van der Waals surface area contributed by atoms with Gasteiger partial charge in [0.15, 0.2) is 17.4 Å². The molecule has 0 saturated heterocycles. The first-order chi connectivity index (χ1) is 5.57. The molecule has 0 fully saturated rings. The fourth-order valence-electron chi connectivity index (χ4n) is 0.700. The van der Waals surface area contributed by atoms with Crippen molar-refractivity contribution in [2.75, 3.05) is 7.11 Å². The highest BCUT2D eigenvalue weighted by molar-refractivity contribution is 8.93. The van der Waals surface area contributed by atoms with Gasteiger partial charge in [-0.2, -0.15) is 4.39 Å². The topological polar surface area (TPSA) is 9.23 Å². The molecule has 0 spiro atoms. The molecule has 0 saturated carbocycles. The summed E-state index contributed by atoms with van der Waals surface area (Å²) in [6, 6.07) is 0.438. The van der Waals surface area contributed by atoms with Gasteiger partial charge in [-0.1, -0.05) is 0 Å². The van der Waals surface area contributed by atoms with Gasteiger partial charge in [-0.05, 0) is 0 Å². The van der Waals surface area contributed by atoms with Crippen LogP contribution in [-0.4, -0.2) is 7.11 Å². The van der Waals surface area contributed by atoms with Crippen molar-refractivity contribution >= 4 is 17.0 Å². The van der Waals surface area contributed by atoms with Crippen molar-refractivity contribution in [2.45, 2.75) is 0 Å². The summed E-state index contributed by atoms with van der Waals surface area (Å²) >= 11 is 0. The molecule has 13 heavy (non-hydrogen) atoms. The monoisotopic (exact) mass is 260 g/mol. The summed E-state index contributed by atoms with van der Waals surface area (Å²) in [5, 5.41) is 0. The van der Waals surface area contributed by atoms with Crippen molar-refractivity contribution in [1.82, 2.24) is 0 Å². The highest BCUT2D eigenvalue weighted by Gasteiger charge is 2.18. The molecule has 0 radical (unpaired) electrons. The first-order valence-corrected chi connectivity index (χ1v) is 2.95. The Kier molecular flexibility index (Phi) is 4.19. The normalized spacial score (nSPS) is 9.31. The number of ether oxygens (including phenoxy) is 1. The first-order valence-electron chi connectivity index (χ1n) is 2.95. The molecule has 0 atom stereocenters. The number of rotatable bonds is 1. The van der Waals surface area contributed by atoms with E-state index in [2.05, 4.69) is 4.74 Å². The number of hydrogen-bond acceptors (Lipinski definition) is 1. The molecular formula is C7H5BrF4O. The van der Waals surface area contributed by atoms with E-state index in [1.807, 2.05) is 0 Å². The number of methoxy groups -OCH3 is 1. The molecule has 74 valence electrons. The van der Waals surface area contributed by atoms with Crippen molar-refractivity contribution in [2.24, 2.45) is 0 Å². The predicted octanol–water partition coefficient (Wildman–Crippen LogP) is 2.83. The Hall–Kier alpha value is -0.780. The lowest BCUT2D eigenvalue weighted by molar-refractivity contribution is 0.346. The Bertz CT molecular complexity index is 316. The third-order valence-corrected chi connectivity index (χ3v) is 1.29. The molecule has 1 rings (SSSR count). The molecule has 0 bridgehead atoms. The molecule has 0 N–H and O–H groups in total. The van der Waals surface area contributed by atoms with Gasteiger partial charge in [0.25, 0.3) is 0 Å². The fraction of sp³-hybridized carbons (Fsp3) is 0.143. The van der Waals surface area contributed by atoms with Gasteiger partial charge in [0, 0.05) is 6.07 Å². The molecule has 1 nitrogen and oxygen atoms in total. The van der Waals surface area contributed by atoms with Gasteiger partial charge < -0.3 is 4.74 Å². The molecule has 0 aliphatic rings. The molecule has 1 aromatic rings. The van der Waals surface area contributed by atoms with E-state index >= 15 is 0 Å². The summed E-state index contributed by atoms with van der Waals surface area (Å²) in [4.78, 5) is 0. The Morgan fingerprint density at radius 1 is 1.00 bits per heavy atom. The third kappa shape index (κ3) is 2.12. The van der Waals surface area contributed by atoms with Crippen molar-refractivity contribution in [3.8, 4) is 5.75 Å². The largest absolute Gasteiger partial charge is 0.493 e. The average molecular weight is 261 g/mol. The van der Waals surface area contributed by atoms with Crippen LogP contribution in [0.5, 0.6) is 5.75 Å². The van der Waals surface area contributed by atoms with Crippen LogP contribution < -0.4 is 4.74 Å². The van der Waals surface area contributed by atoms with Gasteiger partial charge in [0.2, 0.25) is 11.6 Å². The van der Waals surface area contributed by atoms with E-state index in [9.17, 15) is 17.6 Å². The van der Waals surface area contributed by atoms with Gasteiger partial charge in [0.05, 0.1) is 7.11 Å². The standard InChI is InChI=1S/C7H4F4O.BrH/c1-12-4-2-3(8)5(9)7(11)6(4)10;/h2H,1H3;1H. The minimum Gasteiger partial charge on any atom is -0.493 e. The van der Waals surface area contributed by atoms with Crippen LogP contribution in [0.15, 0.2) is 6.07 Å². The summed E-state index contributed by atoms with van der Waals surface area (Å²) in [7, 11) is 1.02. The second-order valence-corrected chi connectivity index (χ2v) is 2.00. The summed E-state index contributed by atoms with van der Waals surface area (Å²) < 4.78 is 53.8. The minimum atomic E-state index is -1.87. The summed E-state index contributed by atoms with van der Waals surface area (Å²) in [6.45, 7) is 0. The molecular weight excluding hydrogens is 256 g/mol. The maximum Gasteiger partial charge on any atom is 0.203 e. The fourth-order valence-corrected chi connectivity index (χ4v) is 0.700. The van der Waals surface area contributed by atoms with Crippen LogP contribution in [0.25, 0.3) is 0 Å². The highest BCUT2D eigenvalue weighted by Crippen LogP contribution is 2.23. The molecule has 0 heterocycles. The molecule has 0 aliphatic carbocycles. The first kappa shape index (κ1) is 12.2. The summed E-state index contributed by atoms with van der Waals surface area (Å²) in [5.41, 5.74) is 0. The quantitative estimate of drug-likeness (QED) is 0.429. The summed E-state index contributed by atoms with van der Waals surface area (Å²) in [5.74, 6) is -7.38. The van der Waals surface area contributed by atoms with Crippen LogP contribution in [0.2, 0.25) is 0 Å². The van der Waals surface area contributed by atoms with Crippen LogP contribution in [0.1, 0.15) is 0 Å². The zero-order valence-corrected chi connectivity index (χ0v) is 8.12. The van der Waals surface area contributed by atoms with E-state index in [1.54, 1.807) is 0 Å². The zero-order chi connectivity index (χ0) is 9.30. The Labute approximate surface area is 82.1 Å². The van der Waals surface area contributed by atoms with Crippen LogP contribution in [0.4, 0.5) is 17.6 Å². The van der Waals surface area contributed by atoms with Gasteiger partial charge in [-0.15, -0.1) is 17.0 Å². The Morgan fingerprint density at radius 2 is 1.54 bits per heavy atom. The molecule has 0 unspecified atom stereocenters. The van der Waals surface area contributed by atoms with E-state index in [-0.39, 0.29) is 17.0 Å². The minimum absolute atomic E-state index is 0. The molecule has 0 amide bonds. The van der Waals surface area contributed by atoms with Crippen LogP contribution in [-0.2, 0) is 0 Å². The Balaban J connectivity index is 0.00000144. The van der Waals surface area contributed by atoms with E-state index in [4.69, 9.17) is 0 Å². The van der Waals surface area contributed by atoms with Gasteiger partial charge >= 0.3 is 0 Å². The SMILES string of the molecule is Br.COc1cc(F)c(F)c(F)c1F. The maximum atomic E-state index is 12.5. The lowest BCUT2D eigenvalue weighted by Gasteiger charge is -2.03. The van der Waals surface area contributed by atoms with E-state index in [1.165, 1.54) is 0 Å². The van der Waals surface area contributed by atoms with Crippen molar-refractivity contribution in [3.63, 3.8) is 0 Å². The number of halogens is 5. The van der Waals surface area contributed by atoms with E-state index in [0.29, 0.717) is 6.07 Å². The predicted molar refractivity (Wildman–Crippen MR) is 43.1 cm³/mol. The number of benzene rings is 1. The van der Waals surface area contributed by atoms with Crippen molar-refractivity contribution in [1.29, 1.82) is 0 Å². The molecule has 1 aromatic carbocycles. The van der Waals surface area contributed by atoms with Gasteiger partial charge in [-0.3, -0.25) is 0 Å². The van der Waals surface area contributed by atoms with Gasteiger partial charge in [-0.25, -0.2) is 13.2 Å². The molecule has 0 aliphatic heterocycles. The maximum absolute atomic E-state index is 12.5. The zero-order valence-electron chi connectivity index (χ0n) is 6.41. The van der Waals surface area contributed by atoms with Crippen LogP contribution >= 0.6 is 17.0 Å². The molecule has 0 aromatic heterocycles. The third-order valence-electron chi connectivity index (χ3n) is 1.29. The number of hydrogen-bond donors (Lipinski definition) is 0. The highest BCUT2D eigenvalue weighted by atomic mass is 79.9. The lowest BCUT2D eigenvalue weighted by Crippen LogP contribution is -1.98. The van der Waals surface area contributed by atoms with Crippen LogP contribution in [0.3, 0.4) is 0 Å². The average Bonchev–Trinajstić information content (AvgIpc) is 2.08. The second kappa shape index (κ2) is 4.45. The molecule has 6 heteroatoms. The van der Waals surface area contributed by atoms with Crippen LogP contribution in [0, 0.1) is 23.3 Å². The lowest BCUT2D eigenvalue weighted by atomic mass is 10.3. The second-order valence-electron chi connectivity index (χ2n) is 2.00. The van der Waals surface area contributed by atoms with Crippen molar-refractivity contribution in [3.05, 3.63) is 29.3 Å². The van der Waals surface area contributed by atoms with E-state index in [0.717, 1.165) is 7.11 Å². The van der Waals surface area contributed by atoms with E-state index < -0.39 is 29.0 Å². The van der Waals surface area contributed by atoms with Gasteiger partial charge in [0.1, 0.15) is 0 Å².